The summed E-state index contributed by atoms with van der Waals surface area (Å²) in [6, 6.07) is 0. The van der Waals surface area contributed by atoms with Crippen molar-refractivity contribution in [3.63, 3.8) is 0 Å². The third kappa shape index (κ3) is 4.30. The van der Waals surface area contributed by atoms with Crippen molar-refractivity contribution >= 4 is 0 Å². The van der Waals surface area contributed by atoms with Crippen molar-refractivity contribution in [1.29, 1.82) is 0 Å². The molecule has 0 aliphatic heterocycles. The molecule has 0 aromatic carbocycles. The second-order valence-electron chi connectivity index (χ2n) is 12.9. The molecule has 0 heterocycles. The molecular weight excluding hydrogens is 380 g/mol. The van der Waals surface area contributed by atoms with E-state index in [4.69, 9.17) is 0 Å². The van der Waals surface area contributed by atoms with Crippen molar-refractivity contribution in [2.75, 3.05) is 0 Å². The molecule has 0 amide bonds. The van der Waals surface area contributed by atoms with Gasteiger partial charge in [-0.05, 0) is 110 Å². The molecule has 3 N–H and O–H groups in total. The molecule has 180 valence electrons. The number of hydrogen-bond donors (Lipinski definition) is 1. The zero-order valence-electron chi connectivity index (χ0n) is 21.4. The number of aliphatic hydroxyl groups excluding tert-OH is 1. The van der Waals surface area contributed by atoms with Gasteiger partial charge in [0.25, 0.3) is 0 Å². The second kappa shape index (κ2) is 9.49. The number of rotatable bonds is 6. The van der Waals surface area contributed by atoms with Gasteiger partial charge in [0.1, 0.15) is 0 Å². The van der Waals surface area contributed by atoms with Gasteiger partial charge in [-0.2, -0.15) is 0 Å². The minimum Gasteiger partial charge on any atom is -0.412 e. The average Bonchev–Trinajstić information content (AvgIpc) is 3.06. The van der Waals surface area contributed by atoms with E-state index in [2.05, 4.69) is 47.6 Å². The Hall–Kier alpha value is -0.340. The lowest BCUT2D eigenvalue weighted by atomic mass is 9.47. The van der Waals surface area contributed by atoms with Crippen LogP contribution in [0.3, 0.4) is 0 Å². The average molecular weight is 433 g/mol. The first-order valence-corrected chi connectivity index (χ1v) is 13.6. The quantitative estimate of drug-likeness (QED) is 0.443. The van der Waals surface area contributed by atoms with Crippen LogP contribution in [0.15, 0.2) is 11.6 Å². The Balaban J connectivity index is 0.00000272. The molecule has 0 aromatic rings. The largest absolute Gasteiger partial charge is 0.412 e. The fourth-order valence-corrected chi connectivity index (χ4v) is 9.30. The number of fused-ring (bicyclic) bond motifs is 5. The molecule has 4 rings (SSSR count). The minimum atomic E-state index is -0.0794. The molecule has 31 heavy (non-hydrogen) atoms. The Labute approximate surface area is 193 Å². The summed E-state index contributed by atoms with van der Waals surface area (Å²) in [6.07, 6.45) is 17.1. The third-order valence-corrected chi connectivity index (χ3v) is 11.3. The van der Waals surface area contributed by atoms with Crippen LogP contribution >= 0.6 is 0 Å². The van der Waals surface area contributed by atoms with E-state index >= 15 is 0 Å². The highest BCUT2D eigenvalue weighted by molar-refractivity contribution is 5.25. The fourth-order valence-electron chi connectivity index (χ4n) is 9.30. The Morgan fingerprint density at radius 1 is 1.00 bits per heavy atom. The predicted octanol–water partition coefficient (Wildman–Crippen LogP) is 7.20. The molecule has 4 aliphatic rings. The molecule has 0 saturated heterocycles. The van der Waals surface area contributed by atoms with Gasteiger partial charge in [-0.3, -0.25) is 0 Å². The standard InChI is InChI=1S/C29H50O.H2O/c1-7-21(19(2)3)9-8-20(4)25-12-13-26-24-11-10-22-18-23(30)14-16-28(22,5)27(24)15-17-29(25,26)6;/h10,19-21,23-27,30H,7-9,11-18H2,1-6H3;1H2/t20?,21?,23?,24-,25+,26-,27-,28-,29+;/m0./s1. The molecule has 0 aromatic heterocycles. The van der Waals surface area contributed by atoms with Crippen molar-refractivity contribution in [3.05, 3.63) is 11.6 Å². The predicted molar refractivity (Wildman–Crippen MR) is 132 cm³/mol. The van der Waals surface area contributed by atoms with Crippen molar-refractivity contribution in [2.45, 2.75) is 118 Å². The zero-order valence-corrected chi connectivity index (χ0v) is 21.4. The molecule has 0 bridgehead atoms. The number of hydrogen-bond acceptors (Lipinski definition) is 1. The van der Waals surface area contributed by atoms with Gasteiger partial charge in [-0.15, -0.1) is 0 Å². The van der Waals surface area contributed by atoms with Gasteiger partial charge in [0, 0.05) is 0 Å². The van der Waals surface area contributed by atoms with E-state index in [0.717, 1.165) is 54.3 Å². The van der Waals surface area contributed by atoms with Gasteiger partial charge >= 0.3 is 0 Å². The summed E-state index contributed by atoms with van der Waals surface area (Å²) in [7, 11) is 0. The van der Waals surface area contributed by atoms with Crippen LogP contribution in [0.4, 0.5) is 0 Å². The summed E-state index contributed by atoms with van der Waals surface area (Å²) < 4.78 is 0. The lowest BCUT2D eigenvalue weighted by Crippen LogP contribution is -2.50. The Morgan fingerprint density at radius 2 is 1.74 bits per heavy atom. The zero-order chi connectivity index (χ0) is 21.7. The normalized spacial score (nSPS) is 43.9. The highest BCUT2D eigenvalue weighted by Gasteiger charge is 2.59. The molecule has 4 aliphatic carbocycles. The SMILES string of the molecule is CCC(CCC(C)[C@H]1CC[C@H]2[C@@H]3CC=C4CC(O)CC[C@]4(C)[C@H]3CC[C@]12C)C(C)C.O. The maximum Gasteiger partial charge on any atom is 0.0577 e. The molecule has 3 fully saturated rings. The molecule has 2 nitrogen and oxygen atoms in total. The van der Waals surface area contributed by atoms with Crippen LogP contribution in [-0.4, -0.2) is 16.7 Å². The second-order valence-corrected chi connectivity index (χ2v) is 12.9. The lowest BCUT2D eigenvalue weighted by molar-refractivity contribution is -0.0575. The smallest absolute Gasteiger partial charge is 0.0577 e. The monoisotopic (exact) mass is 432 g/mol. The van der Waals surface area contributed by atoms with E-state index < -0.39 is 0 Å². The van der Waals surface area contributed by atoms with Gasteiger partial charge in [-0.25, -0.2) is 0 Å². The molecule has 9 atom stereocenters. The summed E-state index contributed by atoms with van der Waals surface area (Å²) in [5.74, 6) is 6.31. The van der Waals surface area contributed by atoms with Crippen LogP contribution in [0, 0.1) is 52.3 Å². The van der Waals surface area contributed by atoms with Crippen LogP contribution in [0.2, 0.25) is 0 Å². The number of allylic oxidation sites excluding steroid dienone is 1. The fraction of sp³-hybridized carbons (Fsp3) is 0.931. The topological polar surface area (TPSA) is 51.7 Å². The first kappa shape index (κ1) is 25.3. The Bertz CT molecular complexity index is 639. The number of aliphatic hydroxyl groups is 1. The molecule has 2 heteroatoms. The van der Waals surface area contributed by atoms with Gasteiger partial charge in [0.05, 0.1) is 6.10 Å². The maximum absolute atomic E-state index is 10.2. The third-order valence-electron chi connectivity index (χ3n) is 11.3. The Kier molecular flexibility index (Phi) is 7.74. The molecular formula is C29H52O2. The highest BCUT2D eigenvalue weighted by atomic mass is 16.3. The van der Waals surface area contributed by atoms with E-state index in [0.29, 0.717) is 10.8 Å². The Morgan fingerprint density at radius 3 is 2.42 bits per heavy atom. The minimum absolute atomic E-state index is 0. The van der Waals surface area contributed by atoms with E-state index in [1.54, 1.807) is 5.57 Å². The molecule has 0 spiro atoms. The summed E-state index contributed by atoms with van der Waals surface area (Å²) in [5, 5.41) is 10.2. The summed E-state index contributed by atoms with van der Waals surface area (Å²) >= 11 is 0. The van der Waals surface area contributed by atoms with Gasteiger partial charge in [0.2, 0.25) is 0 Å². The highest BCUT2D eigenvalue weighted by Crippen LogP contribution is 2.67. The molecule has 3 unspecified atom stereocenters. The summed E-state index contributed by atoms with van der Waals surface area (Å²) in [4.78, 5) is 0. The van der Waals surface area contributed by atoms with Crippen LogP contribution in [0.5, 0.6) is 0 Å². The summed E-state index contributed by atoms with van der Waals surface area (Å²) in [6.45, 7) is 15.1. The van der Waals surface area contributed by atoms with Gasteiger partial charge in [-0.1, -0.05) is 66.0 Å². The van der Waals surface area contributed by atoms with Gasteiger partial charge in [0.15, 0.2) is 0 Å². The van der Waals surface area contributed by atoms with E-state index in [1.807, 2.05) is 0 Å². The van der Waals surface area contributed by atoms with Gasteiger partial charge < -0.3 is 10.6 Å². The van der Waals surface area contributed by atoms with Crippen molar-refractivity contribution in [1.82, 2.24) is 0 Å². The first-order valence-electron chi connectivity index (χ1n) is 13.6. The van der Waals surface area contributed by atoms with Crippen molar-refractivity contribution in [3.8, 4) is 0 Å². The summed E-state index contributed by atoms with van der Waals surface area (Å²) in [5.41, 5.74) is 2.59. The van der Waals surface area contributed by atoms with Crippen molar-refractivity contribution < 1.29 is 10.6 Å². The maximum atomic E-state index is 10.2. The van der Waals surface area contributed by atoms with E-state index in [9.17, 15) is 5.11 Å². The van der Waals surface area contributed by atoms with E-state index in [-0.39, 0.29) is 11.6 Å². The lowest BCUT2D eigenvalue weighted by Gasteiger charge is -2.58. The van der Waals surface area contributed by atoms with Crippen molar-refractivity contribution in [2.24, 2.45) is 52.3 Å². The van der Waals surface area contributed by atoms with Crippen LogP contribution in [-0.2, 0) is 0 Å². The van der Waals surface area contributed by atoms with Crippen LogP contribution < -0.4 is 0 Å². The first-order chi connectivity index (χ1) is 14.2. The van der Waals surface area contributed by atoms with E-state index in [1.165, 1.54) is 57.8 Å². The molecule has 0 radical (unpaired) electrons. The van der Waals surface area contributed by atoms with Crippen LogP contribution in [0.25, 0.3) is 0 Å². The molecule has 3 saturated carbocycles. The van der Waals surface area contributed by atoms with Crippen LogP contribution in [0.1, 0.15) is 112 Å².